The lowest BCUT2D eigenvalue weighted by molar-refractivity contribution is -0.121. The van der Waals surface area contributed by atoms with Gasteiger partial charge in [-0.1, -0.05) is 17.8 Å². The van der Waals surface area contributed by atoms with Crippen molar-refractivity contribution in [3.8, 4) is 0 Å². The van der Waals surface area contributed by atoms with Crippen LogP contribution in [0.3, 0.4) is 0 Å². The number of hydrogen-bond acceptors (Lipinski definition) is 5. The third kappa shape index (κ3) is 2.93. The molecule has 3 aromatic rings. The fraction of sp³-hybridized carbons (Fsp3) is 0.368. The summed E-state index contributed by atoms with van der Waals surface area (Å²) in [7, 11) is 0. The monoisotopic (exact) mass is 381 g/mol. The molecule has 1 unspecified atom stereocenters. The zero-order valence-corrected chi connectivity index (χ0v) is 15.5. The second-order valence-electron chi connectivity index (χ2n) is 7.00. The predicted octanol–water partition coefficient (Wildman–Crippen LogP) is 1.73. The van der Waals surface area contributed by atoms with Crippen molar-refractivity contribution in [2.75, 3.05) is 5.75 Å². The van der Waals surface area contributed by atoms with E-state index < -0.39 is 0 Å². The van der Waals surface area contributed by atoms with Crippen LogP contribution in [-0.2, 0) is 24.2 Å². The van der Waals surface area contributed by atoms with Gasteiger partial charge in [0.2, 0.25) is 5.91 Å². The van der Waals surface area contributed by atoms with E-state index in [4.69, 9.17) is 0 Å². The van der Waals surface area contributed by atoms with E-state index in [-0.39, 0.29) is 23.9 Å². The first kappa shape index (κ1) is 16.6. The van der Waals surface area contributed by atoms with E-state index in [0.29, 0.717) is 12.3 Å². The molecule has 0 aromatic carbocycles. The summed E-state index contributed by atoms with van der Waals surface area (Å²) in [6.07, 6.45) is 4.86. The largest absolute Gasteiger partial charge is 0.350 e. The average molecular weight is 381 g/mol. The molecule has 8 heteroatoms. The highest BCUT2D eigenvalue weighted by Gasteiger charge is 2.31. The van der Waals surface area contributed by atoms with Gasteiger partial charge in [0.25, 0.3) is 5.56 Å². The number of aromatic nitrogens is 4. The maximum Gasteiger partial charge on any atom is 0.257 e. The molecule has 7 nitrogen and oxygen atoms in total. The van der Waals surface area contributed by atoms with Gasteiger partial charge in [0.1, 0.15) is 0 Å². The molecule has 0 fully saturated rings. The van der Waals surface area contributed by atoms with Gasteiger partial charge in [-0.3, -0.25) is 14.2 Å². The highest BCUT2D eigenvalue weighted by Crippen LogP contribution is 2.33. The van der Waals surface area contributed by atoms with Crippen molar-refractivity contribution in [1.29, 1.82) is 0 Å². The lowest BCUT2D eigenvalue weighted by Gasteiger charge is -2.14. The summed E-state index contributed by atoms with van der Waals surface area (Å²) < 4.78 is 3.52. The smallest absolute Gasteiger partial charge is 0.257 e. The van der Waals surface area contributed by atoms with Crippen LogP contribution in [0.1, 0.15) is 35.8 Å². The molecule has 1 N–H and O–H groups in total. The lowest BCUT2D eigenvalue weighted by atomic mass is 10.2. The zero-order valence-electron chi connectivity index (χ0n) is 14.7. The topological polar surface area (TPSA) is 81.3 Å². The molecule has 0 radical (unpaired) electrons. The van der Waals surface area contributed by atoms with E-state index >= 15 is 0 Å². The Morgan fingerprint density at radius 2 is 2.26 bits per heavy atom. The number of carbonyl (C=O) groups is 1. The number of fused-ring (bicyclic) bond motifs is 3. The molecular weight excluding hydrogens is 362 g/mol. The van der Waals surface area contributed by atoms with Crippen molar-refractivity contribution in [3.63, 3.8) is 0 Å². The molecule has 0 spiro atoms. The lowest BCUT2D eigenvalue weighted by Crippen LogP contribution is -2.32. The van der Waals surface area contributed by atoms with Gasteiger partial charge in [0.05, 0.1) is 29.5 Å². The van der Waals surface area contributed by atoms with Gasteiger partial charge in [-0.15, -0.1) is 0 Å². The normalized spacial score (nSPS) is 17.9. The molecule has 0 saturated heterocycles. The van der Waals surface area contributed by atoms with Crippen LogP contribution in [0, 0.1) is 0 Å². The Morgan fingerprint density at radius 3 is 3.15 bits per heavy atom. The molecule has 5 rings (SSSR count). The summed E-state index contributed by atoms with van der Waals surface area (Å²) in [5, 5.41) is 8.13. The van der Waals surface area contributed by atoms with Gasteiger partial charge in [-0.05, 0) is 37.5 Å². The van der Waals surface area contributed by atoms with E-state index in [1.807, 2.05) is 30.5 Å². The molecule has 1 aliphatic carbocycles. The number of hydrogen-bond donors (Lipinski definition) is 1. The van der Waals surface area contributed by atoms with Crippen LogP contribution >= 0.6 is 11.8 Å². The van der Waals surface area contributed by atoms with Crippen LogP contribution < -0.4 is 10.9 Å². The average Bonchev–Trinajstić information content (AvgIpc) is 3.38. The number of aryl methyl sites for hydroxylation is 1. The molecule has 3 aromatic heterocycles. The minimum absolute atomic E-state index is 0.0515. The van der Waals surface area contributed by atoms with Crippen molar-refractivity contribution >= 4 is 23.2 Å². The Kier molecular flexibility index (Phi) is 4.00. The van der Waals surface area contributed by atoms with Gasteiger partial charge in [0, 0.05) is 23.9 Å². The summed E-state index contributed by atoms with van der Waals surface area (Å²) in [6.45, 7) is 0.380. The second kappa shape index (κ2) is 6.53. The maximum atomic E-state index is 12.8. The number of pyridine rings is 1. The van der Waals surface area contributed by atoms with Crippen LogP contribution in [0.5, 0.6) is 0 Å². The van der Waals surface area contributed by atoms with Crippen molar-refractivity contribution in [3.05, 3.63) is 57.8 Å². The minimum atomic E-state index is -0.128. The van der Waals surface area contributed by atoms with E-state index in [1.54, 1.807) is 20.8 Å². The van der Waals surface area contributed by atoms with E-state index in [9.17, 15) is 9.59 Å². The van der Waals surface area contributed by atoms with Gasteiger partial charge in [-0.25, -0.2) is 9.50 Å². The third-order valence-corrected chi connectivity index (χ3v) is 6.28. The Hall–Kier alpha value is -2.61. The van der Waals surface area contributed by atoms with Crippen molar-refractivity contribution in [2.24, 2.45) is 0 Å². The van der Waals surface area contributed by atoms with Crippen LogP contribution in [0.4, 0.5) is 0 Å². The number of carbonyl (C=O) groups excluding carboxylic acids is 1. The first-order chi connectivity index (χ1) is 13.2. The standard InChI is InChI=1S/C19H19N5O2S/c25-17(20-10-12-8-13-4-1-2-7-23(13)22-12)9-14-11-27-19-21-16-6-3-5-15(16)18(26)24(14)19/h1-2,4,7-8,14H,3,5-6,9-11H2,(H,20,25). The summed E-state index contributed by atoms with van der Waals surface area (Å²) in [5.74, 6) is 0.644. The van der Waals surface area contributed by atoms with Gasteiger partial charge >= 0.3 is 0 Å². The molecule has 1 atom stereocenters. The van der Waals surface area contributed by atoms with Crippen LogP contribution in [-0.4, -0.2) is 30.8 Å². The Morgan fingerprint density at radius 1 is 1.33 bits per heavy atom. The number of thioether (sulfide) groups is 1. The summed E-state index contributed by atoms with van der Waals surface area (Å²) in [6, 6.07) is 7.68. The molecular formula is C19H19N5O2S. The van der Waals surface area contributed by atoms with Gasteiger partial charge in [0.15, 0.2) is 5.16 Å². The molecule has 138 valence electrons. The maximum absolute atomic E-state index is 12.8. The Bertz CT molecular complexity index is 1070. The third-order valence-electron chi connectivity index (χ3n) is 5.18. The Balaban J connectivity index is 1.28. The first-order valence-electron chi connectivity index (χ1n) is 9.16. The van der Waals surface area contributed by atoms with Gasteiger partial charge < -0.3 is 5.32 Å². The first-order valence-corrected chi connectivity index (χ1v) is 10.1. The highest BCUT2D eigenvalue weighted by molar-refractivity contribution is 7.99. The highest BCUT2D eigenvalue weighted by atomic mass is 32.2. The fourth-order valence-corrected chi connectivity index (χ4v) is 5.01. The molecule has 1 aliphatic heterocycles. The zero-order chi connectivity index (χ0) is 18.4. The van der Waals surface area contributed by atoms with Crippen molar-refractivity contribution in [1.82, 2.24) is 24.5 Å². The van der Waals surface area contributed by atoms with Crippen molar-refractivity contribution < 1.29 is 4.79 Å². The summed E-state index contributed by atoms with van der Waals surface area (Å²) >= 11 is 1.57. The summed E-state index contributed by atoms with van der Waals surface area (Å²) in [5.41, 5.74) is 3.66. The van der Waals surface area contributed by atoms with Crippen molar-refractivity contribution in [2.45, 2.75) is 43.4 Å². The molecule has 4 heterocycles. The van der Waals surface area contributed by atoms with E-state index in [2.05, 4.69) is 15.4 Å². The molecule has 27 heavy (non-hydrogen) atoms. The van der Waals surface area contributed by atoms with Crippen LogP contribution in [0.25, 0.3) is 5.52 Å². The number of nitrogens with one attached hydrogen (secondary N) is 1. The SMILES string of the molecule is O=C(CC1CSc2nc3c(c(=O)n21)CCC3)NCc1cc2ccccn2n1. The minimum Gasteiger partial charge on any atom is -0.350 e. The number of nitrogens with zero attached hydrogens (tertiary/aromatic N) is 4. The molecule has 0 bridgehead atoms. The second-order valence-corrected chi connectivity index (χ2v) is 7.99. The van der Waals surface area contributed by atoms with Gasteiger partial charge in [-0.2, -0.15) is 5.10 Å². The number of amides is 1. The molecule has 2 aliphatic rings. The van der Waals surface area contributed by atoms with E-state index in [0.717, 1.165) is 46.9 Å². The summed E-state index contributed by atoms with van der Waals surface area (Å²) in [4.78, 5) is 29.9. The Labute approximate surface area is 159 Å². The van der Waals surface area contributed by atoms with Crippen LogP contribution in [0.2, 0.25) is 0 Å². The van der Waals surface area contributed by atoms with Crippen LogP contribution in [0.15, 0.2) is 40.4 Å². The quantitative estimate of drug-likeness (QED) is 0.696. The number of rotatable bonds is 4. The predicted molar refractivity (Wildman–Crippen MR) is 102 cm³/mol. The molecule has 1 amide bonds. The molecule has 0 saturated carbocycles. The fourth-order valence-electron chi connectivity index (χ4n) is 3.86. The van der Waals surface area contributed by atoms with E-state index in [1.165, 1.54) is 0 Å².